The van der Waals surface area contributed by atoms with Crippen LogP contribution in [0.5, 0.6) is 5.75 Å². The van der Waals surface area contributed by atoms with Crippen molar-refractivity contribution in [3.8, 4) is 5.75 Å². The molecule has 0 saturated carbocycles. The maximum atomic E-state index is 11.9. The Morgan fingerprint density at radius 1 is 1.26 bits per heavy atom. The number of carbonyl (C=O) groups is 1. The lowest BCUT2D eigenvalue weighted by atomic mass is 10.3. The smallest absolute Gasteiger partial charge is 0.223 e. The Morgan fingerprint density at radius 3 is 2.91 bits per heavy atom. The zero-order valence-electron chi connectivity index (χ0n) is 13.0. The molecule has 3 rings (SSSR count). The van der Waals surface area contributed by atoms with Gasteiger partial charge in [-0.05, 0) is 36.8 Å². The zero-order chi connectivity index (χ0) is 16.1. The maximum Gasteiger partial charge on any atom is 0.223 e. The molecule has 5 nitrogen and oxygen atoms in total. The molecule has 0 spiro atoms. The summed E-state index contributed by atoms with van der Waals surface area (Å²) in [5, 5.41) is 2.87. The van der Waals surface area contributed by atoms with Gasteiger partial charge < -0.3 is 14.5 Å². The number of para-hydroxylation sites is 1. The molecule has 5 heteroatoms. The van der Waals surface area contributed by atoms with Crippen molar-refractivity contribution in [1.82, 2.24) is 14.7 Å². The predicted molar refractivity (Wildman–Crippen MR) is 88.3 cm³/mol. The fourth-order valence-corrected chi connectivity index (χ4v) is 2.28. The summed E-state index contributed by atoms with van der Waals surface area (Å²) < 4.78 is 7.46. The molecule has 0 aliphatic heterocycles. The van der Waals surface area contributed by atoms with Crippen LogP contribution in [-0.2, 0) is 11.3 Å². The summed E-state index contributed by atoms with van der Waals surface area (Å²) in [5.41, 5.74) is 2.89. The molecular formula is C18H19N3O2. The summed E-state index contributed by atoms with van der Waals surface area (Å²) in [6, 6.07) is 13.5. The quantitative estimate of drug-likeness (QED) is 0.762. The van der Waals surface area contributed by atoms with E-state index >= 15 is 0 Å². The number of hydrogen-bond donors (Lipinski definition) is 1. The van der Waals surface area contributed by atoms with E-state index in [4.69, 9.17) is 4.74 Å². The van der Waals surface area contributed by atoms with Gasteiger partial charge in [-0.1, -0.05) is 18.2 Å². The molecule has 1 N–H and O–H groups in total. The van der Waals surface area contributed by atoms with Crippen LogP contribution in [0.25, 0.3) is 5.65 Å². The largest absolute Gasteiger partial charge is 0.493 e. The molecule has 23 heavy (non-hydrogen) atoms. The molecule has 2 heterocycles. The molecule has 1 aromatic carbocycles. The van der Waals surface area contributed by atoms with Gasteiger partial charge in [-0.25, -0.2) is 4.98 Å². The molecule has 0 aliphatic rings. The van der Waals surface area contributed by atoms with Gasteiger partial charge in [-0.3, -0.25) is 4.79 Å². The van der Waals surface area contributed by atoms with Gasteiger partial charge >= 0.3 is 0 Å². The number of carbonyl (C=O) groups excluding carboxylic acids is 1. The summed E-state index contributed by atoms with van der Waals surface area (Å²) in [4.78, 5) is 16.3. The standard InChI is InChI=1S/C18H19N3O2/c1-14-7-9-21-13-15(20-17(21)11-14)12-19-18(22)8-10-23-16-5-3-2-4-6-16/h2-7,9,11,13H,8,10,12H2,1H3,(H,19,22). The Hall–Kier alpha value is -2.82. The highest BCUT2D eigenvalue weighted by Crippen LogP contribution is 2.09. The van der Waals surface area contributed by atoms with Gasteiger partial charge in [0.1, 0.15) is 11.4 Å². The number of fused-ring (bicyclic) bond motifs is 1. The van der Waals surface area contributed by atoms with Crippen LogP contribution in [0, 0.1) is 6.92 Å². The Labute approximate surface area is 134 Å². The third kappa shape index (κ3) is 4.10. The first-order valence-electron chi connectivity index (χ1n) is 7.59. The van der Waals surface area contributed by atoms with Crippen LogP contribution in [-0.4, -0.2) is 21.9 Å². The summed E-state index contributed by atoms with van der Waals surface area (Å²) in [6.45, 7) is 2.81. The van der Waals surface area contributed by atoms with Crippen LogP contribution >= 0.6 is 0 Å². The van der Waals surface area contributed by atoms with Gasteiger partial charge in [0.2, 0.25) is 5.91 Å². The van der Waals surface area contributed by atoms with Gasteiger partial charge in [0.05, 0.1) is 25.3 Å². The molecule has 0 saturated heterocycles. The van der Waals surface area contributed by atoms with E-state index in [2.05, 4.69) is 10.3 Å². The number of rotatable bonds is 6. The molecule has 2 aromatic heterocycles. The zero-order valence-corrected chi connectivity index (χ0v) is 13.0. The van der Waals surface area contributed by atoms with E-state index in [0.29, 0.717) is 19.6 Å². The highest BCUT2D eigenvalue weighted by Gasteiger charge is 2.05. The fourth-order valence-electron chi connectivity index (χ4n) is 2.28. The molecule has 0 bridgehead atoms. The first kappa shape index (κ1) is 15.1. The van der Waals surface area contributed by atoms with E-state index in [0.717, 1.165) is 22.7 Å². The van der Waals surface area contributed by atoms with Gasteiger partial charge in [0.15, 0.2) is 0 Å². The van der Waals surface area contributed by atoms with Crippen LogP contribution in [0.2, 0.25) is 0 Å². The lowest BCUT2D eigenvalue weighted by molar-refractivity contribution is -0.121. The number of benzene rings is 1. The molecular weight excluding hydrogens is 290 g/mol. The van der Waals surface area contributed by atoms with E-state index in [-0.39, 0.29) is 5.91 Å². The Morgan fingerprint density at radius 2 is 2.09 bits per heavy atom. The van der Waals surface area contributed by atoms with Crippen LogP contribution in [0.15, 0.2) is 54.9 Å². The molecule has 0 radical (unpaired) electrons. The second-order valence-corrected chi connectivity index (χ2v) is 5.39. The lowest BCUT2D eigenvalue weighted by Gasteiger charge is -2.06. The Kier molecular flexibility index (Phi) is 4.57. The lowest BCUT2D eigenvalue weighted by Crippen LogP contribution is -2.24. The minimum Gasteiger partial charge on any atom is -0.493 e. The first-order valence-corrected chi connectivity index (χ1v) is 7.59. The normalized spacial score (nSPS) is 10.7. The van der Waals surface area contributed by atoms with E-state index in [1.54, 1.807) is 0 Å². The van der Waals surface area contributed by atoms with Gasteiger partial charge in [0.25, 0.3) is 0 Å². The van der Waals surface area contributed by atoms with Crippen molar-refractivity contribution in [2.45, 2.75) is 19.9 Å². The number of ether oxygens (including phenoxy) is 1. The number of aromatic nitrogens is 2. The number of nitrogens with zero attached hydrogens (tertiary/aromatic N) is 2. The number of nitrogens with one attached hydrogen (secondary N) is 1. The minimum absolute atomic E-state index is 0.0471. The number of hydrogen-bond acceptors (Lipinski definition) is 3. The van der Waals surface area contributed by atoms with Crippen molar-refractivity contribution in [3.05, 3.63) is 66.1 Å². The van der Waals surface area contributed by atoms with E-state index in [9.17, 15) is 4.79 Å². The van der Waals surface area contributed by atoms with Crippen molar-refractivity contribution in [3.63, 3.8) is 0 Å². The molecule has 1 amide bonds. The molecule has 0 aliphatic carbocycles. The highest BCUT2D eigenvalue weighted by atomic mass is 16.5. The van der Waals surface area contributed by atoms with Crippen LogP contribution in [0.4, 0.5) is 0 Å². The van der Waals surface area contributed by atoms with Gasteiger partial charge in [-0.2, -0.15) is 0 Å². The SMILES string of the molecule is Cc1ccn2cc(CNC(=O)CCOc3ccccc3)nc2c1. The average molecular weight is 309 g/mol. The van der Waals surface area contributed by atoms with Gasteiger partial charge in [0, 0.05) is 12.4 Å². The summed E-state index contributed by atoms with van der Waals surface area (Å²) in [6.07, 6.45) is 4.22. The summed E-state index contributed by atoms with van der Waals surface area (Å²) in [7, 11) is 0. The number of aryl methyl sites for hydroxylation is 1. The first-order chi connectivity index (χ1) is 11.2. The topological polar surface area (TPSA) is 55.6 Å². The second-order valence-electron chi connectivity index (χ2n) is 5.39. The van der Waals surface area contributed by atoms with Crippen molar-refractivity contribution >= 4 is 11.6 Å². The van der Waals surface area contributed by atoms with Crippen molar-refractivity contribution in [1.29, 1.82) is 0 Å². The van der Waals surface area contributed by atoms with E-state index < -0.39 is 0 Å². The molecule has 0 atom stereocenters. The maximum absolute atomic E-state index is 11.9. The summed E-state index contributed by atoms with van der Waals surface area (Å²) >= 11 is 0. The molecule has 0 unspecified atom stereocenters. The van der Waals surface area contributed by atoms with Crippen molar-refractivity contribution < 1.29 is 9.53 Å². The number of pyridine rings is 1. The fraction of sp³-hybridized carbons (Fsp3) is 0.222. The van der Waals surface area contributed by atoms with Crippen molar-refractivity contribution in [2.75, 3.05) is 6.61 Å². The summed E-state index contributed by atoms with van der Waals surface area (Å²) in [5.74, 6) is 0.727. The molecule has 3 aromatic rings. The minimum atomic E-state index is -0.0471. The highest BCUT2D eigenvalue weighted by molar-refractivity contribution is 5.75. The van der Waals surface area contributed by atoms with E-state index in [1.807, 2.05) is 66.2 Å². The third-order valence-corrected chi connectivity index (χ3v) is 3.47. The molecule has 0 fully saturated rings. The van der Waals surface area contributed by atoms with Crippen molar-refractivity contribution in [2.24, 2.45) is 0 Å². The Balaban J connectivity index is 1.46. The second kappa shape index (κ2) is 6.96. The van der Waals surface area contributed by atoms with Crippen LogP contribution < -0.4 is 10.1 Å². The predicted octanol–water partition coefficient (Wildman–Crippen LogP) is 2.73. The number of imidazole rings is 1. The monoisotopic (exact) mass is 309 g/mol. The van der Waals surface area contributed by atoms with Crippen LogP contribution in [0.1, 0.15) is 17.7 Å². The molecule has 118 valence electrons. The van der Waals surface area contributed by atoms with Crippen LogP contribution in [0.3, 0.4) is 0 Å². The Bertz CT molecular complexity index is 796. The van der Waals surface area contributed by atoms with E-state index in [1.165, 1.54) is 0 Å². The number of amides is 1. The van der Waals surface area contributed by atoms with Gasteiger partial charge in [-0.15, -0.1) is 0 Å². The third-order valence-electron chi connectivity index (χ3n) is 3.47. The average Bonchev–Trinajstić information content (AvgIpc) is 2.96.